The van der Waals surface area contributed by atoms with Crippen molar-refractivity contribution in [1.29, 1.82) is 0 Å². The molecular weight excluding hydrogens is 633 g/mol. The van der Waals surface area contributed by atoms with Crippen LogP contribution < -0.4 is 0 Å². The molecule has 3 heterocycles. The first-order valence-corrected chi connectivity index (χ1v) is 17.8. The summed E-state index contributed by atoms with van der Waals surface area (Å²) in [6, 6.07) is 62.4. The van der Waals surface area contributed by atoms with Crippen molar-refractivity contribution in [3.05, 3.63) is 199 Å². The molecule has 0 radical (unpaired) electrons. The van der Waals surface area contributed by atoms with Crippen LogP contribution in [0.2, 0.25) is 0 Å². The first-order valence-electron chi connectivity index (χ1n) is 17.8. The van der Waals surface area contributed by atoms with Gasteiger partial charge in [-0.15, -0.1) is 0 Å². The summed E-state index contributed by atoms with van der Waals surface area (Å²) >= 11 is 0. The van der Waals surface area contributed by atoms with E-state index in [9.17, 15) is 0 Å². The van der Waals surface area contributed by atoms with Gasteiger partial charge in [-0.3, -0.25) is 4.99 Å². The Morgan fingerprint density at radius 1 is 0.519 bits per heavy atom. The maximum Gasteiger partial charge on any atom is 0.147 e. The van der Waals surface area contributed by atoms with Gasteiger partial charge in [-0.25, -0.2) is 4.98 Å². The Balaban J connectivity index is 1.19. The van der Waals surface area contributed by atoms with Crippen LogP contribution in [0.4, 0.5) is 0 Å². The Morgan fingerprint density at radius 3 is 1.90 bits per heavy atom. The predicted molar refractivity (Wildman–Crippen MR) is 217 cm³/mol. The SMILES string of the molecule is CN1C(c2ccccc2)=CC(c2ccccc2)=NC1c1ccc(-c2nc3c4ccccc4ccc3c3c2c2ccccc2n3-c2ccccc2)cc1. The van der Waals surface area contributed by atoms with E-state index in [-0.39, 0.29) is 6.17 Å². The van der Waals surface area contributed by atoms with E-state index in [4.69, 9.17) is 9.98 Å². The average molecular weight is 667 g/mol. The van der Waals surface area contributed by atoms with Crippen molar-refractivity contribution in [2.75, 3.05) is 7.05 Å². The largest absolute Gasteiger partial charge is 0.349 e. The molecule has 0 saturated carbocycles. The lowest BCUT2D eigenvalue weighted by molar-refractivity contribution is 0.364. The van der Waals surface area contributed by atoms with E-state index in [1.165, 1.54) is 21.9 Å². The molecule has 1 aliphatic rings. The molecule has 0 spiro atoms. The Morgan fingerprint density at radius 2 is 1.15 bits per heavy atom. The highest BCUT2D eigenvalue weighted by Crippen LogP contribution is 2.43. The molecule has 2 aromatic heterocycles. The zero-order chi connectivity index (χ0) is 34.6. The van der Waals surface area contributed by atoms with Crippen molar-refractivity contribution in [1.82, 2.24) is 14.5 Å². The molecule has 52 heavy (non-hydrogen) atoms. The lowest BCUT2D eigenvalue weighted by Gasteiger charge is -2.34. The third kappa shape index (κ3) is 4.84. The van der Waals surface area contributed by atoms with Gasteiger partial charge >= 0.3 is 0 Å². The zero-order valence-corrected chi connectivity index (χ0v) is 28.7. The number of nitrogens with zero attached hydrogens (tertiary/aromatic N) is 4. The van der Waals surface area contributed by atoms with Gasteiger partial charge in [-0.05, 0) is 46.4 Å². The van der Waals surface area contributed by atoms with E-state index in [0.29, 0.717) is 0 Å². The fourth-order valence-electron chi connectivity index (χ4n) is 7.92. The van der Waals surface area contributed by atoms with Crippen LogP contribution >= 0.6 is 0 Å². The second-order valence-corrected chi connectivity index (χ2v) is 13.4. The molecule has 0 amide bonds. The number of hydrogen-bond donors (Lipinski definition) is 0. The Hall–Kier alpha value is -6.78. The molecule has 7 aromatic carbocycles. The third-order valence-electron chi connectivity index (χ3n) is 10.4. The molecule has 0 aliphatic carbocycles. The zero-order valence-electron chi connectivity index (χ0n) is 28.7. The summed E-state index contributed by atoms with van der Waals surface area (Å²) in [5.74, 6) is 0. The van der Waals surface area contributed by atoms with E-state index in [1.54, 1.807) is 0 Å². The lowest BCUT2D eigenvalue weighted by atomic mass is 9.97. The quantitative estimate of drug-likeness (QED) is 0.171. The molecule has 0 fully saturated rings. The Labute approximate surface area is 302 Å². The molecule has 246 valence electrons. The summed E-state index contributed by atoms with van der Waals surface area (Å²) in [5, 5.41) is 5.81. The van der Waals surface area contributed by atoms with Gasteiger partial charge in [0.1, 0.15) is 6.17 Å². The van der Waals surface area contributed by atoms with E-state index < -0.39 is 0 Å². The van der Waals surface area contributed by atoms with Gasteiger partial charge in [-0.2, -0.15) is 0 Å². The van der Waals surface area contributed by atoms with Crippen LogP contribution in [0, 0.1) is 0 Å². The monoisotopic (exact) mass is 666 g/mol. The van der Waals surface area contributed by atoms with Crippen LogP contribution in [0.15, 0.2) is 187 Å². The van der Waals surface area contributed by atoms with Crippen LogP contribution in [0.1, 0.15) is 22.9 Å². The molecule has 4 heteroatoms. The summed E-state index contributed by atoms with van der Waals surface area (Å²) in [5.41, 5.74) is 12.0. The van der Waals surface area contributed by atoms with Crippen molar-refractivity contribution < 1.29 is 0 Å². The molecule has 0 saturated heterocycles. The van der Waals surface area contributed by atoms with Gasteiger partial charge in [0.2, 0.25) is 0 Å². The van der Waals surface area contributed by atoms with E-state index in [2.05, 4.69) is 199 Å². The van der Waals surface area contributed by atoms with Crippen molar-refractivity contribution >= 4 is 54.9 Å². The van der Waals surface area contributed by atoms with Gasteiger partial charge in [0.25, 0.3) is 0 Å². The molecule has 9 aromatic rings. The van der Waals surface area contributed by atoms with Crippen molar-refractivity contribution in [2.24, 2.45) is 4.99 Å². The number of benzene rings is 7. The molecule has 0 N–H and O–H groups in total. The van der Waals surface area contributed by atoms with Crippen LogP contribution in [-0.4, -0.2) is 27.2 Å². The van der Waals surface area contributed by atoms with E-state index in [0.717, 1.165) is 66.7 Å². The van der Waals surface area contributed by atoms with Gasteiger partial charge < -0.3 is 9.47 Å². The number of aliphatic imine (C=N–C) groups is 1. The Kier molecular flexibility index (Phi) is 7.07. The lowest BCUT2D eigenvalue weighted by Crippen LogP contribution is -2.27. The first-order chi connectivity index (χ1) is 25.7. The standard InChI is InChI=1S/C48H34N4/c1-51-43(34-18-7-3-8-19-34)31-41(33-16-5-2-6-17-33)49-48(51)36-27-25-35(26-28-36)45-44-39-23-13-14-24-42(39)52(37-20-9-4-10-21-37)47(44)40-30-29-32-15-11-12-22-38(32)46(40)50-45/h2-31,48H,1H3. The number of pyridine rings is 1. The third-order valence-corrected chi connectivity index (χ3v) is 10.4. The molecule has 4 nitrogen and oxygen atoms in total. The van der Waals surface area contributed by atoms with Crippen LogP contribution in [0.3, 0.4) is 0 Å². The number of hydrogen-bond acceptors (Lipinski definition) is 3. The highest BCUT2D eigenvalue weighted by atomic mass is 15.2. The molecule has 10 rings (SSSR count). The van der Waals surface area contributed by atoms with Crippen LogP contribution in [0.5, 0.6) is 0 Å². The number of allylic oxidation sites excluding steroid dienone is 1. The van der Waals surface area contributed by atoms with Crippen molar-refractivity contribution in [2.45, 2.75) is 6.17 Å². The number of aromatic nitrogens is 2. The summed E-state index contributed by atoms with van der Waals surface area (Å²) in [7, 11) is 2.14. The summed E-state index contributed by atoms with van der Waals surface area (Å²) < 4.78 is 2.41. The second-order valence-electron chi connectivity index (χ2n) is 13.4. The summed E-state index contributed by atoms with van der Waals surface area (Å²) in [4.78, 5) is 13.2. The average Bonchev–Trinajstić information content (AvgIpc) is 3.57. The second kappa shape index (κ2) is 12.2. The smallest absolute Gasteiger partial charge is 0.147 e. The van der Waals surface area contributed by atoms with Gasteiger partial charge in [-0.1, -0.05) is 158 Å². The Bertz CT molecular complexity index is 2830. The van der Waals surface area contributed by atoms with Gasteiger partial charge in [0.05, 0.1) is 28.0 Å². The minimum Gasteiger partial charge on any atom is -0.349 e. The minimum absolute atomic E-state index is 0.196. The maximum atomic E-state index is 5.56. The fourth-order valence-corrected chi connectivity index (χ4v) is 7.92. The highest BCUT2D eigenvalue weighted by molar-refractivity contribution is 6.25. The molecule has 1 atom stereocenters. The summed E-state index contributed by atoms with van der Waals surface area (Å²) in [6.45, 7) is 0. The van der Waals surface area contributed by atoms with Crippen LogP contribution in [0.25, 0.3) is 66.1 Å². The highest BCUT2D eigenvalue weighted by Gasteiger charge is 2.26. The fraction of sp³-hybridized carbons (Fsp3) is 0.0417. The predicted octanol–water partition coefficient (Wildman–Crippen LogP) is 11.6. The van der Waals surface area contributed by atoms with Crippen molar-refractivity contribution in [3.63, 3.8) is 0 Å². The first kappa shape index (κ1) is 30.1. The number of fused-ring (bicyclic) bond motifs is 7. The minimum atomic E-state index is -0.196. The molecule has 0 bridgehead atoms. The molecular formula is C48H34N4. The van der Waals surface area contributed by atoms with E-state index in [1.807, 2.05) is 0 Å². The van der Waals surface area contributed by atoms with Gasteiger partial charge in [0.15, 0.2) is 0 Å². The number of para-hydroxylation sites is 2. The normalized spacial score (nSPS) is 14.6. The summed E-state index contributed by atoms with van der Waals surface area (Å²) in [6.07, 6.45) is 2.01. The molecule has 1 aliphatic heterocycles. The van der Waals surface area contributed by atoms with E-state index >= 15 is 0 Å². The molecule has 1 unspecified atom stereocenters. The van der Waals surface area contributed by atoms with Crippen molar-refractivity contribution in [3.8, 4) is 16.9 Å². The topological polar surface area (TPSA) is 33.4 Å². The number of rotatable bonds is 5. The maximum absolute atomic E-state index is 5.56. The van der Waals surface area contributed by atoms with Gasteiger partial charge in [0, 0.05) is 45.5 Å². The van der Waals surface area contributed by atoms with Crippen LogP contribution in [-0.2, 0) is 0 Å².